The summed E-state index contributed by atoms with van der Waals surface area (Å²) in [6, 6.07) is 21.8. The lowest BCUT2D eigenvalue weighted by atomic mass is 10.00. The van der Waals surface area contributed by atoms with Gasteiger partial charge in [-0.1, -0.05) is 69.5 Å². The minimum absolute atomic E-state index is 0.00825. The molecule has 4 aromatic rings. The van der Waals surface area contributed by atoms with Crippen molar-refractivity contribution in [3.8, 4) is 22.8 Å². The van der Waals surface area contributed by atoms with E-state index >= 15 is 0 Å². The van der Waals surface area contributed by atoms with Gasteiger partial charge in [0.25, 0.3) is 0 Å². The van der Waals surface area contributed by atoms with Crippen LogP contribution in [0, 0.1) is 0 Å². The van der Waals surface area contributed by atoms with Crippen LogP contribution in [0.15, 0.2) is 86.1 Å². The van der Waals surface area contributed by atoms with Gasteiger partial charge in [-0.05, 0) is 65.7 Å². The number of benzene rings is 3. The molecule has 0 atom stereocenters. The Labute approximate surface area is 280 Å². The predicted molar refractivity (Wildman–Crippen MR) is 184 cm³/mol. The Kier molecular flexibility index (Phi) is 10.9. The van der Waals surface area contributed by atoms with Crippen LogP contribution in [0.1, 0.15) is 47.8 Å². The lowest BCUT2D eigenvalue weighted by molar-refractivity contribution is -0.122. The summed E-state index contributed by atoms with van der Waals surface area (Å²) in [6.07, 6.45) is -2.51. The molecule has 1 aromatic heterocycles. The van der Waals surface area contributed by atoms with Gasteiger partial charge in [0.2, 0.25) is 0 Å². The second-order valence-electron chi connectivity index (χ2n) is 12.7. The summed E-state index contributed by atoms with van der Waals surface area (Å²) in [5.74, 6) is 0.594. The highest BCUT2D eigenvalue weighted by molar-refractivity contribution is 5.70. The van der Waals surface area contributed by atoms with Crippen LogP contribution in [0.4, 0.5) is 13.2 Å². The van der Waals surface area contributed by atoms with E-state index in [4.69, 9.17) is 0 Å². The van der Waals surface area contributed by atoms with Crippen LogP contribution in [0.3, 0.4) is 0 Å². The molecule has 2 heterocycles. The molecule has 11 heteroatoms. The molecule has 0 radical (unpaired) electrons. The van der Waals surface area contributed by atoms with E-state index in [0.29, 0.717) is 23.6 Å². The Morgan fingerprint density at radius 2 is 1.54 bits per heavy atom. The molecule has 0 amide bonds. The number of phenolic OH excluding ortho intramolecular Hbond substituents is 1. The van der Waals surface area contributed by atoms with Crippen molar-refractivity contribution in [2.75, 3.05) is 39.8 Å². The van der Waals surface area contributed by atoms with Gasteiger partial charge in [0.1, 0.15) is 12.3 Å². The molecule has 1 saturated heterocycles. The topological polar surface area (TPSA) is 72.7 Å². The molecule has 48 heavy (non-hydrogen) atoms. The first-order valence-corrected chi connectivity index (χ1v) is 16.1. The highest BCUT2D eigenvalue weighted by Crippen LogP contribution is 2.34. The van der Waals surface area contributed by atoms with Crippen LogP contribution in [0.2, 0.25) is 0 Å². The Hall–Kier alpha value is -4.61. The first-order valence-electron chi connectivity index (χ1n) is 16.1. The summed E-state index contributed by atoms with van der Waals surface area (Å²) in [5.41, 5.74) is 5.58. The number of halogens is 3. The Morgan fingerprint density at radius 1 is 0.938 bits per heavy atom. The van der Waals surface area contributed by atoms with Gasteiger partial charge in [0, 0.05) is 51.5 Å². The molecule has 1 aliphatic heterocycles. The second kappa shape index (κ2) is 15.1. The van der Waals surface area contributed by atoms with Crippen molar-refractivity contribution in [1.82, 2.24) is 34.8 Å². The van der Waals surface area contributed by atoms with Crippen molar-refractivity contribution >= 4 is 5.70 Å². The van der Waals surface area contributed by atoms with Crippen molar-refractivity contribution in [3.05, 3.63) is 114 Å². The van der Waals surface area contributed by atoms with Crippen LogP contribution < -0.4 is 5.32 Å². The predicted octanol–water partition coefficient (Wildman–Crippen LogP) is 6.78. The molecule has 0 spiro atoms. The molecular formula is C37H44F3N7O. The summed E-state index contributed by atoms with van der Waals surface area (Å²) in [6.45, 7) is 17.0. The van der Waals surface area contributed by atoms with Gasteiger partial charge in [-0.25, -0.2) is 0 Å². The Balaban J connectivity index is 1.30. The van der Waals surface area contributed by atoms with E-state index in [0.717, 1.165) is 50.4 Å². The fourth-order valence-corrected chi connectivity index (χ4v) is 5.82. The lowest BCUT2D eigenvalue weighted by Gasteiger charge is -2.33. The molecule has 8 nitrogen and oxygen atoms in total. The summed E-state index contributed by atoms with van der Waals surface area (Å²) in [5, 5.41) is 21.6. The maximum atomic E-state index is 13.0. The number of phenols is 1. The number of nitrogens with zero attached hydrogens (tertiary/aromatic N) is 6. The van der Waals surface area contributed by atoms with E-state index in [-0.39, 0.29) is 23.2 Å². The van der Waals surface area contributed by atoms with Gasteiger partial charge in [0.15, 0.2) is 11.6 Å². The average molecular weight is 660 g/mol. The number of nitrogens with one attached hydrogen (secondary N) is 1. The quantitative estimate of drug-likeness (QED) is 0.164. The molecule has 1 aliphatic rings. The van der Waals surface area contributed by atoms with Crippen molar-refractivity contribution in [2.45, 2.75) is 45.6 Å². The molecule has 0 unspecified atom stereocenters. The fourth-order valence-electron chi connectivity index (χ4n) is 5.82. The van der Waals surface area contributed by atoms with Gasteiger partial charge in [-0.2, -0.15) is 13.2 Å². The molecule has 5 rings (SSSR count). The van der Waals surface area contributed by atoms with E-state index in [1.165, 1.54) is 11.1 Å². The summed E-state index contributed by atoms with van der Waals surface area (Å²) in [4.78, 5) is 6.95. The number of hydrogen-bond acceptors (Lipinski definition) is 7. The van der Waals surface area contributed by atoms with Gasteiger partial charge in [-0.15, -0.1) is 10.2 Å². The number of alkyl halides is 3. The maximum Gasteiger partial charge on any atom is 0.405 e. The number of rotatable bonds is 13. The van der Waals surface area contributed by atoms with Crippen LogP contribution in [0.25, 0.3) is 22.8 Å². The van der Waals surface area contributed by atoms with Crippen molar-refractivity contribution in [2.24, 2.45) is 0 Å². The second-order valence-corrected chi connectivity index (χ2v) is 12.7. The third-order valence-corrected chi connectivity index (χ3v) is 8.56. The molecule has 0 aliphatic carbocycles. The standard InChI is InChI=1S/C37H44F3N7O/c1-6-45-17-19-46(20-18-45)24-30-9-7-28(8-10-30)22-44(5)23-29-11-14-32(15-12-29)47-35(27(4)41-25-37(38,39)40)42-43-36(47)33-21-31(26(2)3)13-16-34(33)48/h6-16,21,26,41,48H,1,4,17-20,22-25H2,2-3,5H3. The molecular weight excluding hydrogens is 615 g/mol. The number of aromatic nitrogens is 3. The molecule has 2 N–H and O–H groups in total. The Bertz CT molecular complexity index is 1690. The van der Waals surface area contributed by atoms with E-state index < -0.39 is 12.7 Å². The lowest BCUT2D eigenvalue weighted by Crippen LogP contribution is -2.43. The van der Waals surface area contributed by atoms with Crippen LogP contribution in [-0.4, -0.2) is 80.5 Å². The SMILES string of the molecule is C=CN1CCN(Cc2ccc(CN(C)Cc3ccc(-n4c(C(=C)NCC(F)(F)F)nnc4-c4cc(C(C)C)ccc4O)cc3)cc2)CC1. The van der Waals surface area contributed by atoms with E-state index in [1.54, 1.807) is 10.6 Å². The van der Waals surface area contributed by atoms with Crippen molar-refractivity contribution in [3.63, 3.8) is 0 Å². The van der Waals surface area contributed by atoms with Crippen molar-refractivity contribution in [1.29, 1.82) is 0 Å². The van der Waals surface area contributed by atoms with E-state index in [2.05, 4.69) is 74.7 Å². The fraction of sp³-hybridized carbons (Fsp3) is 0.351. The van der Waals surface area contributed by atoms with Gasteiger partial charge in [-0.3, -0.25) is 14.4 Å². The zero-order valence-corrected chi connectivity index (χ0v) is 27.8. The number of piperazine rings is 1. The first kappa shape index (κ1) is 34.7. The van der Waals surface area contributed by atoms with E-state index in [1.807, 2.05) is 56.4 Å². The zero-order chi connectivity index (χ0) is 34.4. The molecule has 3 aromatic carbocycles. The number of aromatic hydroxyl groups is 1. The smallest absolute Gasteiger partial charge is 0.405 e. The first-order chi connectivity index (χ1) is 22.9. The zero-order valence-electron chi connectivity index (χ0n) is 27.8. The van der Waals surface area contributed by atoms with Crippen LogP contribution >= 0.6 is 0 Å². The highest BCUT2D eigenvalue weighted by atomic mass is 19.4. The van der Waals surface area contributed by atoms with Gasteiger partial charge >= 0.3 is 6.18 Å². The van der Waals surface area contributed by atoms with Crippen molar-refractivity contribution < 1.29 is 18.3 Å². The van der Waals surface area contributed by atoms with Gasteiger partial charge < -0.3 is 15.3 Å². The number of hydrogen-bond donors (Lipinski definition) is 2. The minimum Gasteiger partial charge on any atom is -0.507 e. The molecule has 1 fully saturated rings. The summed E-state index contributed by atoms with van der Waals surface area (Å²) in [7, 11) is 2.07. The normalized spacial score (nSPS) is 14.1. The highest BCUT2D eigenvalue weighted by Gasteiger charge is 2.28. The van der Waals surface area contributed by atoms with Gasteiger partial charge in [0.05, 0.1) is 11.3 Å². The average Bonchev–Trinajstić information content (AvgIpc) is 3.50. The Morgan fingerprint density at radius 3 is 2.12 bits per heavy atom. The van der Waals surface area contributed by atoms with Crippen LogP contribution in [-0.2, 0) is 19.6 Å². The molecule has 0 bridgehead atoms. The maximum absolute atomic E-state index is 13.0. The summed E-state index contributed by atoms with van der Waals surface area (Å²) >= 11 is 0. The third kappa shape index (κ3) is 8.84. The minimum atomic E-state index is -4.43. The monoisotopic (exact) mass is 659 g/mol. The third-order valence-electron chi connectivity index (χ3n) is 8.56. The largest absolute Gasteiger partial charge is 0.507 e. The molecule has 0 saturated carbocycles. The summed E-state index contributed by atoms with van der Waals surface area (Å²) < 4.78 is 40.7. The molecule has 254 valence electrons. The van der Waals surface area contributed by atoms with Crippen LogP contribution in [0.5, 0.6) is 5.75 Å². The van der Waals surface area contributed by atoms with E-state index in [9.17, 15) is 18.3 Å².